The minimum Gasteiger partial charge on any atom is -0.490 e. The highest BCUT2D eigenvalue weighted by Gasteiger charge is 2.27. The third-order valence-corrected chi connectivity index (χ3v) is 6.44. The van der Waals surface area contributed by atoms with Crippen LogP contribution in [0.4, 0.5) is 8.78 Å². The van der Waals surface area contributed by atoms with Gasteiger partial charge in [0.05, 0.1) is 20.8 Å². The quantitative estimate of drug-likeness (QED) is 0.114. The molecular formula is C25H16BrClF2INO4. The van der Waals surface area contributed by atoms with Crippen LogP contribution in [0.15, 0.2) is 63.7 Å². The molecule has 3 aromatic rings. The van der Waals surface area contributed by atoms with Crippen LogP contribution in [0, 0.1) is 15.2 Å². The molecule has 0 unspecified atom stereocenters. The molecule has 0 saturated carbocycles. The van der Waals surface area contributed by atoms with Crippen LogP contribution in [0.5, 0.6) is 11.5 Å². The van der Waals surface area contributed by atoms with Crippen LogP contribution in [0.2, 0.25) is 5.02 Å². The van der Waals surface area contributed by atoms with Crippen LogP contribution in [-0.2, 0) is 16.1 Å². The smallest absolute Gasteiger partial charge is 0.363 e. The number of hydrogen-bond acceptors (Lipinski definition) is 5. The maximum atomic E-state index is 13.7. The van der Waals surface area contributed by atoms with Crippen LogP contribution in [0.1, 0.15) is 23.6 Å². The summed E-state index contributed by atoms with van der Waals surface area (Å²) in [5.74, 6) is -2.12. The minimum absolute atomic E-state index is 0.0245. The van der Waals surface area contributed by atoms with Crippen molar-refractivity contribution in [3.05, 3.63) is 95.6 Å². The Kier molecular flexibility index (Phi) is 8.08. The summed E-state index contributed by atoms with van der Waals surface area (Å²) >= 11 is 11.5. The van der Waals surface area contributed by atoms with E-state index in [2.05, 4.69) is 43.5 Å². The highest BCUT2D eigenvalue weighted by atomic mass is 127. The van der Waals surface area contributed by atoms with Crippen molar-refractivity contribution in [2.45, 2.75) is 13.5 Å². The van der Waals surface area contributed by atoms with Gasteiger partial charge in [0.1, 0.15) is 6.61 Å². The van der Waals surface area contributed by atoms with Crippen molar-refractivity contribution in [2.75, 3.05) is 6.61 Å². The summed E-state index contributed by atoms with van der Waals surface area (Å²) < 4.78 is 45.7. The van der Waals surface area contributed by atoms with Gasteiger partial charge in [0, 0.05) is 4.47 Å². The highest BCUT2D eigenvalue weighted by molar-refractivity contribution is 14.1. The van der Waals surface area contributed by atoms with Gasteiger partial charge in [0.15, 0.2) is 28.8 Å². The molecule has 0 amide bonds. The van der Waals surface area contributed by atoms with Crippen molar-refractivity contribution in [3.8, 4) is 11.5 Å². The average Bonchev–Trinajstić information content (AvgIpc) is 3.17. The van der Waals surface area contributed by atoms with E-state index in [1.54, 1.807) is 12.1 Å². The molecule has 0 atom stereocenters. The molecule has 10 heteroatoms. The fourth-order valence-electron chi connectivity index (χ4n) is 3.18. The average molecular weight is 675 g/mol. The fourth-order valence-corrected chi connectivity index (χ4v) is 4.46. The first-order chi connectivity index (χ1) is 16.7. The summed E-state index contributed by atoms with van der Waals surface area (Å²) in [6.07, 6.45) is 1.51. The van der Waals surface area contributed by atoms with Crippen LogP contribution in [0.25, 0.3) is 6.08 Å². The third-order valence-electron chi connectivity index (χ3n) is 4.79. The molecule has 0 fully saturated rings. The monoisotopic (exact) mass is 673 g/mol. The van der Waals surface area contributed by atoms with E-state index in [1.165, 1.54) is 6.08 Å². The molecule has 0 saturated heterocycles. The van der Waals surface area contributed by atoms with Gasteiger partial charge in [-0.2, -0.15) is 0 Å². The van der Waals surface area contributed by atoms with Crippen molar-refractivity contribution < 1.29 is 27.8 Å². The molecule has 3 aromatic carbocycles. The first kappa shape index (κ1) is 25.6. The molecule has 180 valence electrons. The molecule has 0 aliphatic carbocycles. The summed E-state index contributed by atoms with van der Waals surface area (Å²) in [7, 11) is 0. The molecule has 35 heavy (non-hydrogen) atoms. The molecule has 1 aliphatic heterocycles. The fraction of sp³-hybridized carbons (Fsp3) is 0.120. The number of carbonyl (C=O) groups is 1. The van der Waals surface area contributed by atoms with Crippen LogP contribution in [-0.4, -0.2) is 18.5 Å². The zero-order chi connectivity index (χ0) is 25.1. The molecule has 1 aliphatic rings. The number of halogens is 5. The first-order valence-electron chi connectivity index (χ1n) is 10.3. The van der Waals surface area contributed by atoms with E-state index < -0.39 is 17.6 Å². The molecule has 0 N–H and O–H groups in total. The van der Waals surface area contributed by atoms with Crippen LogP contribution in [0.3, 0.4) is 0 Å². The molecule has 5 nitrogen and oxygen atoms in total. The second-order valence-electron chi connectivity index (χ2n) is 7.26. The Morgan fingerprint density at radius 2 is 1.83 bits per heavy atom. The van der Waals surface area contributed by atoms with Crippen molar-refractivity contribution >= 4 is 68.1 Å². The maximum Gasteiger partial charge on any atom is 0.363 e. The number of ether oxygens (including phenoxy) is 3. The van der Waals surface area contributed by atoms with Gasteiger partial charge in [0.25, 0.3) is 0 Å². The zero-order valence-corrected chi connectivity index (χ0v) is 22.6. The van der Waals surface area contributed by atoms with Gasteiger partial charge in [-0.15, -0.1) is 0 Å². The van der Waals surface area contributed by atoms with Gasteiger partial charge in [0.2, 0.25) is 5.90 Å². The molecule has 0 bridgehead atoms. The molecule has 0 radical (unpaired) electrons. The van der Waals surface area contributed by atoms with E-state index in [0.717, 1.165) is 25.7 Å². The summed E-state index contributed by atoms with van der Waals surface area (Å²) in [4.78, 5) is 16.5. The molecule has 0 spiro atoms. The van der Waals surface area contributed by atoms with Gasteiger partial charge in [-0.05, 0) is 83.1 Å². The topological polar surface area (TPSA) is 57.1 Å². The van der Waals surface area contributed by atoms with E-state index in [-0.39, 0.29) is 22.2 Å². The summed E-state index contributed by atoms with van der Waals surface area (Å²) in [6, 6.07) is 12.9. The Bertz CT molecular complexity index is 1360. The number of nitrogens with zero attached hydrogens (tertiary/aromatic N) is 1. The highest BCUT2D eigenvalue weighted by Crippen LogP contribution is 2.36. The number of cyclic esters (lactones) is 1. The number of rotatable bonds is 7. The summed E-state index contributed by atoms with van der Waals surface area (Å²) in [6.45, 7) is 2.61. The predicted molar refractivity (Wildman–Crippen MR) is 141 cm³/mol. The standard InChI is InChI=1S/C25H16BrClF2INO4/c1-2-33-22-9-14(7-20(30)23(22)34-12-13-3-5-15(26)6-4-13)8-21-25(32)35-24(31-21)16-10-18(28)19(29)11-17(16)27/h3-11H,2,12H2,1H3/b21-8+. The van der Waals surface area contributed by atoms with E-state index in [9.17, 15) is 13.6 Å². The SMILES string of the molecule is CCOc1cc(/C=C2/N=C(c3cc(F)c(F)cc3Cl)OC2=O)cc(I)c1OCc1ccc(Br)cc1. The normalized spacial score (nSPS) is 14.2. The van der Waals surface area contributed by atoms with Gasteiger partial charge >= 0.3 is 5.97 Å². The molecule has 0 aromatic heterocycles. The van der Waals surface area contributed by atoms with E-state index in [0.29, 0.717) is 30.3 Å². The van der Waals surface area contributed by atoms with Crippen molar-refractivity contribution in [2.24, 2.45) is 4.99 Å². The predicted octanol–water partition coefficient (Wildman–Crippen LogP) is 7.31. The van der Waals surface area contributed by atoms with E-state index >= 15 is 0 Å². The van der Waals surface area contributed by atoms with E-state index in [4.69, 9.17) is 25.8 Å². The van der Waals surface area contributed by atoms with E-state index in [1.807, 2.05) is 31.2 Å². The Labute approximate surface area is 227 Å². The van der Waals surface area contributed by atoms with Gasteiger partial charge in [-0.25, -0.2) is 18.6 Å². The Morgan fingerprint density at radius 3 is 2.54 bits per heavy atom. The lowest BCUT2D eigenvalue weighted by molar-refractivity contribution is -0.129. The summed E-state index contributed by atoms with van der Waals surface area (Å²) in [5, 5.41) is -0.128. The number of esters is 1. The lowest BCUT2D eigenvalue weighted by atomic mass is 10.1. The molecule has 1 heterocycles. The number of benzene rings is 3. The Balaban J connectivity index is 1.63. The van der Waals surface area contributed by atoms with Crippen molar-refractivity contribution in [1.82, 2.24) is 0 Å². The Morgan fingerprint density at radius 1 is 1.11 bits per heavy atom. The van der Waals surface area contributed by atoms with Crippen LogP contribution < -0.4 is 9.47 Å². The van der Waals surface area contributed by atoms with Crippen molar-refractivity contribution in [1.29, 1.82) is 0 Å². The number of carbonyl (C=O) groups excluding carboxylic acids is 1. The third kappa shape index (κ3) is 6.02. The van der Waals surface area contributed by atoms with Gasteiger partial charge in [-0.1, -0.05) is 39.7 Å². The minimum atomic E-state index is -1.13. The van der Waals surface area contributed by atoms with Crippen LogP contribution >= 0.6 is 50.1 Å². The second kappa shape index (κ2) is 11.0. The lowest BCUT2D eigenvalue weighted by Crippen LogP contribution is -2.07. The largest absolute Gasteiger partial charge is 0.490 e. The van der Waals surface area contributed by atoms with Gasteiger partial charge < -0.3 is 14.2 Å². The lowest BCUT2D eigenvalue weighted by Gasteiger charge is -2.15. The number of hydrogen-bond donors (Lipinski definition) is 0. The second-order valence-corrected chi connectivity index (χ2v) is 9.75. The number of aliphatic imine (C=N–C) groups is 1. The van der Waals surface area contributed by atoms with Crippen molar-refractivity contribution in [3.63, 3.8) is 0 Å². The van der Waals surface area contributed by atoms with Gasteiger partial charge in [-0.3, -0.25) is 0 Å². The Hall–Kier alpha value is -2.50. The maximum absolute atomic E-state index is 13.7. The molecular weight excluding hydrogens is 659 g/mol. The first-order valence-corrected chi connectivity index (χ1v) is 12.5. The molecule has 4 rings (SSSR count). The summed E-state index contributed by atoms with van der Waals surface area (Å²) in [5.41, 5.74) is 1.55. The zero-order valence-electron chi connectivity index (χ0n) is 18.1.